The van der Waals surface area contributed by atoms with E-state index in [1.807, 2.05) is 0 Å². The molecule has 0 aliphatic heterocycles. The minimum atomic E-state index is -11.0. The minimum absolute atomic E-state index is 0.849. The first-order valence-electron chi connectivity index (χ1n) is 20.9. The van der Waals surface area contributed by atoms with Crippen LogP contribution in [0.25, 0.3) is 0 Å². The van der Waals surface area contributed by atoms with Crippen molar-refractivity contribution >= 4 is 17.9 Å². The highest BCUT2D eigenvalue weighted by Gasteiger charge is 3.24. The molecule has 0 N–H and O–H groups in total. The summed E-state index contributed by atoms with van der Waals surface area (Å²) in [7, 11) is 0. The maximum atomic E-state index is 16.8. The maximum absolute atomic E-state index is 16.8. The number of esters is 3. The largest absolute Gasteiger partial charge is 0.496 e. The van der Waals surface area contributed by atoms with E-state index in [1.54, 1.807) is 0 Å². The Balaban J connectivity index is 2.74. The molecule has 4 aliphatic carbocycles. The van der Waals surface area contributed by atoms with Crippen molar-refractivity contribution in [2.75, 3.05) is 0 Å². The van der Waals surface area contributed by atoms with Crippen LogP contribution >= 0.6 is 0 Å². The Hall–Kier alpha value is -6.25. The van der Waals surface area contributed by atoms with Gasteiger partial charge >= 0.3 is 151 Å². The van der Waals surface area contributed by atoms with Crippen molar-refractivity contribution in [2.24, 2.45) is 0 Å². The van der Waals surface area contributed by atoms with Gasteiger partial charge in [0.1, 0.15) is 0 Å². The van der Waals surface area contributed by atoms with Crippen molar-refractivity contribution < 1.29 is 285 Å². The summed E-state index contributed by atoms with van der Waals surface area (Å²) in [5, 5.41) is 0. The molecule has 0 unspecified atom stereocenters. The molecule has 0 saturated heterocycles. The Kier molecular flexibility index (Phi) is 19.8. The Bertz CT molecular complexity index is 2870. The van der Waals surface area contributed by atoms with Gasteiger partial charge in [-0.25, -0.2) is 33.0 Å². The van der Waals surface area contributed by atoms with Gasteiger partial charge in [0.25, 0.3) is 35.0 Å². The number of alkyl halides is 46. The molecular weight excluding hydrogens is 1590 g/mol. The van der Waals surface area contributed by atoms with Crippen LogP contribution in [0.1, 0.15) is 0 Å². The van der Waals surface area contributed by atoms with E-state index in [4.69, 9.17) is 0 Å². The Morgan fingerprint density at radius 3 is 0.490 bits per heavy atom. The highest BCUT2D eigenvalue weighted by Crippen LogP contribution is 2.90. The predicted molar refractivity (Wildman–Crippen MR) is 172 cm³/mol. The molecule has 98 heavy (non-hydrogen) atoms. The summed E-state index contributed by atoms with van der Waals surface area (Å²) < 4.78 is 768. The van der Waals surface area contributed by atoms with E-state index in [9.17, 15) is 159 Å². The minimum Gasteiger partial charge on any atom is -0.390 e. The molecule has 4 rings (SSSR count). The fourth-order valence-electron chi connectivity index (χ4n) is 7.59. The van der Waals surface area contributed by atoms with Crippen LogP contribution in [0.5, 0.6) is 0 Å². The summed E-state index contributed by atoms with van der Waals surface area (Å²) in [6, 6.07) is 0. The Labute approximate surface area is 489 Å². The molecule has 0 aromatic carbocycles. The third kappa shape index (κ3) is 11.4. The van der Waals surface area contributed by atoms with Gasteiger partial charge in [0.2, 0.25) is 16.7 Å². The summed E-state index contributed by atoms with van der Waals surface area (Å²) >= 11 is 0. The van der Waals surface area contributed by atoms with Crippen molar-refractivity contribution in [3.63, 3.8) is 0 Å². The molecule has 0 heterocycles. The molecule has 4 aliphatic rings. The van der Waals surface area contributed by atoms with E-state index in [-0.39, 0.29) is 0 Å². The molecule has 0 aromatic heterocycles. The zero-order chi connectivity index (χ0) is 79.1. The molecular formula is C34F52O12. The molecule has 4 fully saturated rings. The number of hydrogen-bond acceptors (Lipinski definition) is 12. The fourth-order valence-corrected chi connectivity index (χ4v) is 7.59. The van der Waals surface area contributed by atoms with Crippen LogP contribution in [-0.4, -0.2) is 168 Å². The summed E-state index contributed by atoms with van der Waals surface area (Å²) in [5.74, 6) is -79.8. The number of carbonyl (C=O) groups excluding carboxylic acids is 3. The van der Waals surface area contributed by atoms with E-state index in [2.05, 4.69) is 0 Å². The third-order valence-electron chi connectivity index (χ3n) is 11.6. The fraction of sp³-hybridized carbons (Fsp3) is 0.735. The molecule has 0 atom stereocenters. The van der Waals surface area contributed by atoms with Gasteiger partial charge < -0.3 is 14.2 Å². The monoisotopic (exact) mass is 1590 g/mol. The van der Waals surface area contributed by atoms with Gasteiger partial charge in [-0.15, -0.1) is 0 Å². The third-order valence-corrected chi connectivity index (χ3v) is 11.6. The molecule has 0 amide bonds. The lowest BCUT2D eigenvalue weighted by molar-refractivity contribution is -0.681. The first-order valence-corrected chi connectivity index (χ1v) is 20.9. The van der Waals surface area contributed by atoms with Crippen LogP contribution in [0.2, 0.25) is 0 Å². The molecule has 0 spiro atoms. The normalized spacial score (nSPS) is 25.3. The van der Waals surface area contributed by atoms with E-state index < -0.39 is 203 Å². The summed E-state index contributed by atoms with van der Waals surface area (Å²) in [6.07, 6.45) is -149. The van der Waals surface area contributed by atoms with E-state index in [0.717, 1.165) is 28.4 Å². The van der Waals surface area contributed by atoms with Crippen molar-refractivity contribution in [3.05, 3.63) is 35.0 Å². The van der Waals surface area contributed by atoms with Crippen molar-refractivity contribution in [1.29, 1.82) is 0 Å². The number of ether oxygens (including phenoxy) is 9. The Morgan fingerprint density at radius 1 is 0.214 bits per heavy atom. The van der Waals surface area contributed by atoms with Crippen molar-refractivity contribution in [1.82, 2.24) is 0 Å². The van der Waals surface area contributed by atoms with E-state index >= 15 is 83.4 Å². The number of halogens is 52. The lowest BCUT2D eigenvalue weighted by Gasteiger charge is -2.77. The molecule has 4 saturated carbocycles. The van der Waals surface area contributed by atoms with Gasteiger partial charge in [-0.05, 0) is 0 Å². The van der Waals surface area contributed by atoms with Crippen LogP contribution in [-0.2, 0) is 57.0 Å². The molecule has 64 heteroatoms. The maximum Gasteiger partial charge on any atom is 0.496 e. The first-order chi connectivity index (χ1) is 42.1. The molecule has 572 valence electrons. The van der Waals surface area contributed by atoms with Crippen molar-refractivity contribution in [2.45, 2.75) is 150 Å². The highest BCUT2D eigenvalue weighted by atomic mass is 19.4. The van der Waals surface area contributed by atoms with Gasteiger partial charge in [-0.2, -0.15) is 224 Å². The highest BCUT2D eigenvalue weighted by molar-refractivity contribution is 5.91. The van der Waals surface area contributed by atoms with Gasteiger partial charge in [-0.1, -0.05) is 0 Å². The second-order valence-electron chi connectivity index (χ2n) is 17.5. The standard InChI is InChI=1S/C34F52O12/c35-4(36)1(10(41,42)43)7(87)90-23(63,64)26(69,70)96-32(81,82)29(75,76)93-14-17(51,52)13(50)18(53,54)15(20(14,57)58,94-30(77,78)33(83,84)97-27(71,72)24(65,66)91-8(88)2(5(37)38)11(44,45)46)22(61,62)16(19(13,55)56,21(14,59)60)95-31(79,80)34(85,86)98-28(73,74)25(67,68)92-9(89)3(6(39)40)12(47,48)49. The lowest BCUT2D eigenvalue weighted by Crippen LogP contribution is -3.12. The van der Waals surface area contributed by atoms with E-state index in [1.165, 1.54) is 14.2 Å². The quantitative estimate of drug-likeness (QED) is 0.0394. The summed E-state index contributed by atoms with van der Waals surface area (Å²) in [5.41, 5.74) is -57.8. The van der Waals surface area contributed by atoms with Crippen molar-refractivity contribution in [3.8, 4) is 0 Å². The number of carbonyl (C=O) groups is 3. The van der Waals surface area contributed by atoms with Crippen LogP contribution in [0.3, 0.4) is 0 Å². The topological polar surface area (TPSA) is 134 Å². The molecule has 0 aromatic rings. The number of hydrogen-bond donors (Lipinski definition) is 0. The van der Waals surface area contributed by atoms with E-state index in [0.29, 0.717) is 0 Å². The zero-order valence-corrected chi connectivity index (χ0v) is 41.6. The van der Waals surface area contributed by atoms with Crippen LogP contribution in [0, 0.1) is 0 Å². The van der Waals surface area contributed by atoms with Crippen LogP contribution in [0.15, 0.2) is 35.0 Å². The predicted octanol–water partition coefficient (Wildman–Crippen LogP) is 15.7. The van der Waals surface area contributed by atoms with Gasteiger partial charge in [0.15, 0.2) is 0 Å². The average molecular weight is 1590 g/mol. The van der Waals surface area contributed by atoms with Gasteiger partial charge in [0, 0.05) is 0 Å². The van der Waals surface area contributed by atoms with Crippen LogP contribution in [0.4, 0.5) is 228 Å². The second kappa shape index (κ2) is 22.6. The second-order valence-corrected chi connectivity index (χ2v) is 17.5. The summed E-state index contributed by atoms with van der Waals surface area (Å²) in [6.45, 7) is 0. The molecule has 12 nitrogen and oxygen atoms in total. The average Bonchev–Trinajstić information content (AvgIpc) is 0.583. The number of rotatable bonds is 24. The Morgan fingerprint density at radius 2 is 0.357 bits per heavy atom. The van der Waals surface area contributed by atoms with Gasteiger partial charge in [0.05, 0.1) is 0 Å². The SMILES string of the molecule is O=C(OC(F)(F)C(F)(F)OC(F)(F)C(F)(F)OC12C(F)(F)C3(F)C(F)(F)C(OC(F)(F)C(F)(F)OC(F)(F)C(F)(F)OC(=O)C(=C(F)F)C(F)(F)F)(C1(F)F)C(F)(F)C(OC(F)(F)C(F)(F)OC(F)(F)C(F)(F)OC(=O)C(=C(F)F)C(F)(F)F)(C3(F)F)C2(F)F)C(=C(F)F)C(F)(F)F. The molecule has 0 radical (unpaired) electrons. The smallest absolute Gasteiger partial charge is 0.390 e. The van der Waals surface area contributed by atoms with Crippen LogP contribution < -0.4 is 0 Å². The first kappa shape index (κ1) is 86.0. The zero-order valence-electron chi connectivity index (χ0n) is 41.6. The molecule has 4 bridgehead atoms. The van der Waals surface area contributed by atoms with Gasteiger partial charge in [-0.3, -0.25) is 14.2 Å². The summed E-state index contributed by atoms with van der Waals surface area (Å²) in [4.78, 5) is 33.6. The lowest BCUT2D eigenvalue weighted by atomic mass is 9.38.